The molecule has 1 fully saturated rings. The smallest absolute Gasteiger partial charge is 0.321 e. The van der Waals surface area contributed by atoms with Gasteiger partial charge in [-0.1, -0.05) is 17.8 Å². The summed E-state index contributed by atoms with van der Waals surface area (Å²) in [6.45, 7) is 0.763. The topological polar surface area (TPSA) is 105 Å². The quantitative estimate of drug-likeness (QED) is 0.652. The molecule has 25 heavy (non-hydrogen) atoms. The van der Waals surface area contributed by atoms with Crippen molar-refractivity contribution in [2.45, 2.75) is 12.8 Å². The minimum Gasteiger partial charge on any atom is -0.456 e. The third-order valence-corrected chi connectivity index (χ3v) is 5.11. The number of amides is 4. The van der Waals surface area contributed by atoms with Crippen molar-refractivity contribution < 1.29 is 23.9 Å². The van der Waals surface area contributed by atoms with Crippen molar-refractivity contribution in [2.24, 2.45) is 0 Å². The van der Waals surface area contributed by atoms with Crippen molar-refractivity contribution in [2.75, 3.05) is 32.0 Å². The number of nitrogens with one attached hydrogen (secondary N) is 2. The maximum absolute atomic E-state index is 11.6. The zero-order valence-corrected chi connectivity index (χ0v) is 15.1. The van der Waals surface area contributed by atoms with E-state index in [0.29, 0.717) is 19.5 Å². The Balaban J connectivity index is 1.54. The molecular formula is C15H19N3O5S2. The molecule has 0 atom stereocenters. The number of ether oxygens (including phenoxy) is 1. The molecule has 2 N–H and O–H groups in total. The summed E-state index contributed by atoms with van der Waals surface area (Å²) in [4.78, 5) is 48.7. The number of thioether (sulfide) groups is 1. The van der Waals surface area contributed by atoms with Gasteiger partial charge in [0.2, 0.25) is 0 Å². The van der Waals surface area contributed by atoms with Crippen LogP contribution in [0.15, 0.2) is 17.5 Å². The fourth-order valence-electron chi connectivity index (χ4n) is 2.03. The van der Waals surface area contributed by atoms with Crippen LogP contribution in [-0.2, 0) is 20.7 Å². The van der Waals surface area contributed by atoms with Gasteiger partial charge in [0.15, 0.2) is 6.61 Å². The van der Waals surface area contributed by atoms with Gasteiger partial charge < -0.3 is 15.0 Å². The Hall–Kier alpha value is -2.07. The summed E-state index contributed by atoms with van der Waals surface area (Å²) in [7, 11) is 0. The molecule has 8 nitrogen and oxygen atoms in total. The lowest BCUT2D eigenvalue weighted by Crippen LogP contribution is -2.42. The van der Waals surface area contributed by atoms with Gasteiger partial charge in [-0.3, -0.25) is 19.7 Å². The van der Waals surface area contributed by atoms with E-state index in [0.717, 1.165) is 10.6 Å². The average Bonchev–Trinajstić information content (AvgIpc) is 3.22. The number of esters is 1. The first-order chi connectivity index (χ1) is 12.0. The maximum atomic E-state index is 11.6. The molecule has 1 aromatic heterocycles. The van der Waals surface area contributed by atoms with Gasteiger partial charge >= 0.3 is 12.0 Å². The first-order valence-electron chi connectivity index (χ1n) is 7.72. The first-order valence-corrected chi connectivity index (χ1v) is 9.58. The largest absolute Gasteiger partial charge is 0.456 e. The van der Waals surface area contributed by atoms with Crippen LogP contribution >= 0.6 is 23.1 Å². The SMILES string of the molecule is O=C(COC(=O)CCN1CCSC1=O)NC(=O)NCCc1cccs1. The molecule has 0 saturated carbocycles. The Morgan fingerprint density at radius 2 is 2.16 bits per heavy atom. The van der Waals surface area contributed by atoms with Crippen molar-refractivity contribution in [1.82, 2.24) is 15.5 Å². The normalized spacial score (nSPS) is 13.6. The van der Waals surface area contributed by atoms with E-state index < -0.39 is 24.5 Å². The molecule has 0 bridgehead atoms. The fraction of sp³-hybridized carbons (Fsp3) is 0.467. The van der Waals surface area contributed by atoms with Crippen molar-refractivity contribution in [3.05, 3.63) is 22.4 Å². The van der Waals surface area contributed by atoms with E-state index in [1.165, 1.54) is 11.8 Å². The van der Waals surface area contributed by atoms with Crippen molar-refractivity contribution >= 4 is 46.2 Å². The van der Waals surface area contributed by atoms with E-state index in [2.05, 4.69) is 10.6 Å². The molecule has 2 rings (SSSR count). The molecule has 0 radical (unpaired) electrons. The number of carbonyl (C=O) groups excluding carboxylic acids is 4. The lowest BCUT2D eigenvalue weighted by Gasteiger charge is -2.13. The molecular weight excluding hydrogens is 366 g/mol. The average molecular weight is 385 g/mol. The van der Waals surface area contributed by atoms with Gasteiger partial charge in [0, 0.05) is 30.3 Å². The monoisotopic (exact) mass is 385 g/mol. The highest BCUT2D eigenvalue weighted by molar-refractivity contribution is 8.13. The van der Waals surface area contributed by atoms with Crippen LogP contribution in [0.25, 0.3) is 0 Å². The lowest BCUT2D eigenvalue weighted by molar-refractivity contribution is -0.148. The van der Waals surface area contributed by atoms with E-state index >= 15 is 0 Å². The number of urea groups is 1. The summed E-state index contributed by atoms with van der Waals surface area (Å²) < 4.78 is 4.79. The Labute approximate surface area is 153 Å². The van der Waals surface area contributed by atoms with Crippen LogP contribution in [0.2, 0.25) is 0 Å². The predicted molar refractivity (Wildman–Crippen MR) is 94.6 cm³/mol. The number of thiophene rings is 1. The number of hydrogen-bond donors (Lipinski definition) is 2. The highest BCUT2D eigenvalue weighted by Crippen LogP contribution is 2.17. The van der Waals surface area contributed by atoms with Crippen molar-refractivity contribution in [3.63, 3.8) is 0 Å². The first kappa shape index (κ1) is 19.3. The van der Waals surface area contributed by atoms with Crippen LogP contribution in [0.1, 0.15) is 11.3 Å². The number of imide groups is 1. The molecule has 0 unspecified atom stereocenters. The summed E-state index contributed by atoms with van der Waals surface area (Å²) >= 11 is 2.81. The molecule has 0 spiro atoms. The third-order valence-electron chi connectivity index (χ3n) is 3.29. The number of hydrogen-bond acceptors (Lipinski definition) is 7. The van der Waals surface area contributed by atoms with Gasteiger partial charge in [-0.05, 0) is 17.9 Å². The van der Waals surface area contributed by atoms with E-state index in [-0.39, 0.29) is 18.2 Å². The van der Waals surface area contributed by atoms with Crippen molar-refractivity contribution in [1.29, 1.82) is 0 Å². The maximum Gasteiger partial charge on any atom is 0.321 e. The molecule has 1 aromatic rings. The molecule has 136 valence electrons. The number of rotatable bonds is 8. The van der Waals surface area contributed by atoms with Crippen LogP contribution in [0.4, 0.5) is 9.59 Å². The second kappa shape index (κ2) is 10.0. The Morgan fingerprint density at radius 3 is 2.84 bits per heavy atom. The number of nitrogens with zero attached hydrogens (tertiary/aromatic N) is 1. The molecule has 4 amide bonds. The minimum atomic E-state index is -0.699. The van der Waals surface area contributed by atoms with Crippen LogP contribution < -0.4 is 10.6 Å². The van der Waals surface area contributed by atoms with Gasteiger partial charge in [-0.15, -0.1) is 11.3 Å². The third kappa shape index (κ3) is 7.14. The highest BCUT2D eigenvalue weighted by atomic mass is 32.2. The van der Waals surface area contributed by atoms with Gasteiger partial charge in [0.25, 0.3) is 11.1 Å². The van der Waals surface area contributed by atoms with Crippen molar-refractivity contribution in [3.8, 4) is 0 Å². The lowest BCUT2D eigenvalue weighted by atomic mass is 10.3. The zero-order chi connectivity index (χ0) is 18.1. The van der Waals surface area contributed by atoms with Gasteiger partial charge in [0.1, 0.15) is 0 Å². The summed E-state index contributed by atoms with van der Waals surface area (Å²) in [6, 6.07) is 3.26. The van der Waals surface area contributed by atoms with Crippen LogP contribution in [0.3, 0.4) is 0 Å². The second-order valence-electron chi connectivity index (χ2n) is 5.15. The molecule has 0 aliphatic carbocycles. The predicted octanol–water partition coefficient (Wildman–Crippen LogP) is 1.22. The fourth-order valence-corrected chi connectivity index (χ4v) is 3.59. The Bertz CT molecular complexity index is 621. The second-order valence-corrected chi connectivity index (χ2v) is 7.22. The Kier molecular flexibility index (Phi) is 7.74. The van der Waals surface area contributed by atoms with Crippen LogP contribution in [0.5, 0.6) is 0 Å². The van der Waals surface area contributed by atoms with Gasteiger partial charge in [-0.25, -0.2) is 4.79 Å². The van der Waals surface area contributed by atoms with Crippen LogP contribution in [-0.4, -0.2) is 60.0 Å². The standard InChI is InChI=1S/C15H19N3O5S2/c19-12(17-14(21)16-5-3-11-2-1-8-24-11)10-23-13(20)4-6-18-7-9-25-15(18)22/h1-2,8H,3-7,9-10H2,(H2,16,17,19,21). The molecule has 1 aliphatic rings. The van der Waals surface area contributed by atoms with E-state index in [1.807, 2.05) is 17.5 Å². The molecule has 10 heteroatoms. The molecule has 0 aromatic carbocycles. The molecule has 2 heterocycles. The van der Waals surface area contributed by atoms with Gasteiger partial charge in [-0.2, -0.15) is 0 Å². The van der Waals surface area contributed by atoms with Crippen LogP contribution in [0, 0.1) is 0 Å². The summed E-state index contributed by atoms with van der Waals surface area (Å²) in [5.74, 6) is -0.564. The Morgan fingerprint density at radius 1 is 1.32 bits per heavy atom. The summed E-state index contributed by atoms with van der Waals surface area (Å²) in [5.41, 5.74) is 0. The minimum absolute atomic E-state index is 0.0204. The number of carbonyl (C=O) groups is 4. The van der Waals surface area contributed by atoms with E-state index in [1.54, 1.807) is 16.2 Å². The van der Waals surface area contributed by atoms with E-state index in [4.69, 9.17) is 4.74 Å². The molecule has 1 saturated heterocycles. The zero-order valence-electron chi connectivity index (χ0n) is 13.5. The molecule has 1 aliphatic heterocycles. The summed E-state index contributed by atoms with van der Waals surface area (Å²) in [5, 5.41) is 6.54. The van der Waals surface area contributed by atoms with E-state index in [9.17, 15) is 19.2 Å². The summed E-state index contributed by atoms with van der Waals surface area (Å²) in [6.07, 6.45) is 0.703. The highest BCUT2D eigenvalue weighted by Gasteiger charge is 2.21. The van der Waals surface area contributed by atoms with Gasteiger partial charge in [0.05, 0.1) is 6.42 Å².